The van der Waals surface area contributed by atoms with E-state index in [-0.39, 0.29) is 0 Å². The second-order valence-electron chi connectivity index (χ2n) is 3.89. The molecule has 1 rings (SSSR count). The second kappa shape index (κ2) is 8.31. The number of hydrogen-bond acceptors (Lipinski definition) is 4. The number of nitrogens with one attached hydrogen (secondary N) is 2. The number of rotatable bonds is 5. The number of hydrogen-bond donors (Lipinski definition) is 2. The van der Waals surface area contributed by atoms with Crippen LogP contribution in [0.4, 0.5) is 4.79 Å². The summed E-state index contributed by atoms with van der Waals surface area (Å²) in [7, 11) is 0. The molecule has 1 aromatic rings. The van der Waals surface area contributed by atoms with E-state index >= 15 is 0 Å². The van der Waals surface area contributed by atoms with E-state index in [0.717, 1.165) is 10.9 Å². The highest BCUT2D eigenvalue weighted by Crippen LogP contribution is 2.12. The second-order valence-corrected chi connectivity index (χ2v) is 4.81. The number of imide groups is 1. The number of amides is 3. The Bertz CT molecular complexity index is 505. The number of carbonyl (C=O) groups excluding carboxylic acids is 3. The minimum atomic E-state index is -0.679. The molecule has 0 atom stereocenters. The molecule has 0 aliphatic heterocycles. The molecule has 0 bridgehead atoms. The standard InChI is InChI=1S/C13H15BrN2O4/c1-2-6-15-13(19)16-11(17)8-20-12(18)9-4-3-5-10(14)7-9/h3-5,7H,2,6,8H2,1H3,(H2,15,16,17,19). The van der Waals surface area contributed by atoms with Crippen LogP contribution in [0.1, 0.15) is 23.7 Å². The Morgan fingerprint density at radius 3 is 2.70 bits per heavy atom. The number of carbonyl (C=O) groups is 3. The van der Waals surface area contributed by atoms with Crippen LogP contribution in [0.5, 0.6) is 0 Å². The summed E-state index contributed by atoms with van der Waals surface area (Å²) in [5, 5.41) is 4.53. The lowest BCUT2D eigenvalue weighted by Crippen LogP contribution is -2.41. The van der Waals surface area contributed by atoms with E-state index < -0.39 is 24.5 Å². The normalized spacial score (nSPS) is 9.70. The van der Waals surface area contributed by atoms with Crippen molar-refractivity contribution in [2.45, 2.75) is 13.3 Å². The third kappa shape index (κ3) is 5.83. The van der Waals surface area contributed by atoms with E-state index in [1.807, 2.05) is 6.92 Å². The van der Waals surface area contributed by atoms with Crippen molar-refractivity contribution in [2.24, 2.45) is 0 Å². The molecule has 2 N–H and O–H groups in total. The largest absolute Gasteiger partial charge is 0.452 e. The topological polar surface area (TPSA) is 84.5 Å². The smallest absolute Gasteiger partial charge is 0.338 e. The van der Waals surface area contributed by atoms with Gasteiger partial charge in [-0.15, -0.1) is 0 Å². The van der Waals surface area contributed by atoms with Gasteiger partial charge < -0.3 is 10.1 Å². The lowest BCUT2D eigenvalue weighted by atomic mass is 10.2. The zero-order valence-electron chi connectivity index (χ0n) is 10.9. The van der Waals surface area contributed by atoms with Gasteiger partial charge in [-0.05, 0) is 24.6 Å². The number of benzene rings is 1. The number of halogens is 1. The summed E-state index contributed by atoms with van der Waals surface area (Å²) in [4.78, 5) is 34.2. The lowest BCUT2D eigenvalue weighted by Gasteiger charge is -2.06. The molecule has 1 aromatic carbocycles. The van der Waals surface area contributed by atoms with Crippen molar-refractivity contribution in [3.05, 3.63) is 34.3 Å². The van der Waals surface area contributed by atoms with Crippen molar-refractivity contribution >= 4 is 33.8 Å². The molecule has 0 aliphatic rings. The molecule has 0 radical (unpaired) electrons. The van der Waals surface area contributed by atoms with Crippen LogP contribution < -0.4 is 10.6 Å². The maximum absolute atomic E-state index is 11.6. The van der Waals surface area contributed by atoms with E-state index in [0.29, 0.717) is 12.1 Å². The summed E-state index contributed by atoms with van der Waals surface area (Å²) < 4.78 is 5.53. The fourth-order valence-electron chi connectivity index (χ4n) is 1.28. The molecule has 0 heterocycles. The fraction of sp³-hybridized carbons (Fsp3) is 0.308. The first-order valence-electron chi connectivity index (χ1n) is 6.03. The van der Waals surface area contributed by atoms with Crippen LogP contribution in [-0.4, -0.2) is 31.1 Å². The Morgan fingerprint density at radius 2 is 2.05 bits per heavy atom. The lowest BCUT2D eigenvalue weighted by molar-refractivity contribution is -0.123. The summed E-state index contributed by atoms with van der Waals surface area (Å²) in [6.07, 6.45) is 0.763. The Labute approximate surface area is 125 Å². The average molecular weight is 343 g/mol. The first kappa shape index (κ1) is 16.2. The Balaban J connectivity index is 2.37. The van der Waals surface area contributed by atoms with Crippen LogP contribution in [0.15, 0.2) is 28.7 Å². The molecule has 3 amide bonds. The number of urea groups is 1. The predicted octanol–water partition coefficient (Wildman–Crippen LogP) is 1.84. The number of esters is 1. The van der Waals surface area contributed by atoms with Gasteiger partial charge in [0.2, 0.25) is 0 Å². The van der Waals surface area contributed by atoms with Gasteiger partial charge in [-0.1, -0.05) is 28.9 Å². The molecule has 20 heavy (non-hydrogen) atoms. The monoisotopic (exact) mass is 342 g/mol. The third-order valence-corrected chi connectivity index (χ3v) is 2.68. The predicted molar refractivity (Wildman–Crippen MR) is 76.3 cm³/mol. The summed E-state index contributed by atoms with van der Waals surface area (Å²) in [5.74, 6) is -1.31. The highest BCUT2D eigenvalue weighted by Gasteiger charge is 2.12. The SMILES string of the molecule is CCCNC(=O)NC(=O)COC(=O)c1cccc(Br)c1. The van der Waals surface area contributed by atoms with Crippen LogP contribution in [0.25, 0.3) is 0 Å². The van der Waals surface area contributed by atoms with Crippen molar-refractivity contribution in [3.63, 3.8) is 0 Å². The van der Waals surface area contributed by atoms with Gasteiger partial charge in [0.1, 0.15) is 0 Å². The van der Waals surface area contributed by atoms with Crippen molar-refractivity contribution in [2.75, 3.05) is 13.2 Å². The third-order valence-electron chi connectivity index (χ3n) is 2.18. The zero-order chi connectivity index (χ0) is 15.0. The molecular weight excluding hydrogens is 328 g/mol. The average Bonchev–Trinajstić information content (AvgIpc) is 2.42. The van der Waals surface area contributed by atoms with Crippen LogP contribution in [0.3, 0.4) is 0 Å². The number of ether oxygens (including phenoxy) is 1. The van der Waals surface area contributed by atoms with Crippen molar-refractivity contribution < 1.29 is 19.1 Å². The maximum Gasteiger partial charge on any atom is 0.338 e. The highest BCUT2D eigenvalue weighted by atomic mass is 79.9. The van der Waals surface area contributed by atoms with E-state index in [4.69, 9.17) is 4.74 Å². The summed E-state index contributed by atoms with van der Waals surface area (Å²) in [6, 6.07) is 5.99. The van der Waals surface area contributed by atoms with Gasteiger partial charge in [0.15, 0.2) is 6.61 Å². The molecule has 6 nitrogen and oxygen atoms in total. The molecule has 7 heteroatoms. The molecule has 0 aliphatic carbocycles. The molecule has 0 spiro atoms. The molecule has 0 aromatic heterocycles. The summed E-state index contributed by atoms with van der Waals surface area (Å²) in [6.45, 7) is 1.85. The van der Waals surface area contributed by atoms with Crippen LogP contribution in [0.2, 0.25) is 0 Å². The Hall–Kier alpha value is -1.89. The zero-order valence-corrected chi connectivity index (χ0v) is 12.5. The van der Waals surface area contributed by atoms with Crippen molar-refractivity contribution in [1.29, 1.82) is 0 Å². The van der Waals surface area contributed by atoms with Crippen LogP contribution >= 0.6 is 15.9 Å². The van der Waals surface area contributed by atoms with Gasteiger partial charge in [0.05, 0.1) is 5.56 Å². The minimum Gasteiger partial charge on any atom is -0.452 e. The molecule has 108 valence electrons. The maximum atomic E-state index is 11.6. The first-order chi connectivity index (χ1) is 9.52. The van der Waals surface area contributed by atoms with Gasteiger partial charge in [0.25, 0.3) is 5.91 Å². The van der Waals surface area contributed by atoms with Crippen molar-refractivity contribution in [1.82, 2.24) is 10.6 Å². The van der Waals surface area contributed by atoms with Gasteiger partial charge in [-0.25, -0.2) is 9.59 Å². The van der Waals surface area contributed by atoms with Gasteiger partial charge >= 0.3 is 12.0 Å². The molecule has 0 saturated carbocycles. The first-order valence-corrected chi connectivity index (χ1v) is 6.82. The minimum absolute atomic E-state index is 0.322. The van der Waals surface area contributed by atoms with Crippen LogP contribution in [-0.2, 0) is 9.53 Å². The highest BCUT2D eigenvalue weighted by molar-refractivity contribution is 9.10. The molecular formula is C13H15BrN2O4. The van der Waals surface area contributed by atoms with Crippen molar-refractivity contribution in [3.8, 4) is 0 Å². The van der Waals surface area contributed by atoms with E-state index in [2.05, 4.69) is 26.6 Å². The fourth-order valence-corrected chi connectivity index (χ4v) is 1.67. The van der Waals surface area contributed by atoms with E-state index in [1.54, 1.807) is 24.3 Å². The molecule has 0 unspecified atom stereocenters. The van der Waals surface area contributed by atoms with E-state index in [9.17, 15) is 14.4 Å². The quantitative estimate of drug-likeness (QED) is 0.799. The van der Waals surface area contributed by atoms with Gasteiger partial charge in [-0.3, -0.25) is 10.1 Å². The molecule has 0 fully saturated rings. The van der Waals surface area contributed by atoms with Gasteiger partial charge in [-0.2, -0.15) is 0 Å². The summed E-state index contributed by atoms with van der Waals surface area (Å²) >= 11 is 3.23. The molecule has 0 saturated heterocycles. The Kier molecular flexibility index (Phi) is 6.72. The van der Waals surface area contributed by atoms with Crippen LogP contribution in [0, 0.1) is 0 Å². The van der Waals surface area contributed by atoms with Gasteiger partial charge in [0, 0.05) is 11.0 Å². The van der Waals surface area contributed by atoms with E-state index in [1.165, 1.54) is 0 Å². The Morgan fingerprint density at radius 1 is 1.30 bits per heavy atom. The summed E-state index contributed by atoms with van der Waals surface area (Å²) in [5.41, 5.74) is 0.322.